The second-order valence-electron chi connectivity index (χ2n) is 10.9. The largest absolute Gasteiger partial charge is 0.403 e. The fourth-order valence-electron chi connectivity index (χ4n) is 4.15. The molecule has 0 unspecified atom stereocenters. The van der Waals surface area contributed by atoms with Crippen LogP contribution in [0.25, 0.3) is 11.0 Å². The number of imidazole rings is 1. The Morgan fingerprint density at radius 1 is 1.08 bits per heavy atom. The number of nitrogens with one attached hydrogen (secondary N) is 4. The van der Waals surface area contributed by atoms with Crippen molar-refractivity contribution in [2.45, 2.75) is 59.2 Å². The third-order valence-corrected chi connectivity index (χ3v) is 6.93. The van der Waals surface area contributed by atoms with Gasteiger partial charge in [0.15, 0.2) is 0 Å². The van der Waals surface area contributed by atoms with E-state index in [4.69, 9.17) is 11.6 Å². The number of aromatic nitrogens is 2. The van der Waals surface area contributed by atoms with Crippen molar-refractivity contribution in [3.63, 3.8) is 0 Å². The van der Waals surface area contributed by atoms with Gasteiger partial charge in [-0.15, -0.1) is 0 Å². The van der Waals surface area contributed by atoms with E-state index in [2.05, 4.69) is 46.7 Å². The third kappa shape index (κ3) is 6.40. The highest BCUT2D eigenvalue weighted by molar-refractivity contribution is 6.33. The number of nitrogens with zero attached hydrogens (tertiary/aromatic N) is 1. The number of alkyl halides is 3. The molecule has 0 radical (unpaired) electrons. The summed E-state index contributed by atoms with van der Waals surface area (Å²) in [5, 5.41) is 8.77. The van der Waals surface area contributed by atoms with E-state index in [9.17, 15) is 22.8 Å². The molecule has 0 spiro atoms. The van der Waals surface area contributed by atoms with E-state index in [1.165, 1.54) is 0 Å². The first kappa shape index (κ1) is 27.8. The lowest BCUT2D eigenvalue weighted by Crippen LogP contribution is -2.40. The van der Waals surface area contributed by atoms with Gasteiger partial charge < -0.3 is 20.9 Å². The van der Waals surface area contributed by atoms with Crippen LogP contribution in [0.15, 0.2) is 36.4 Å². The van der Waals surface area contributed by atoms with Gasteiger partial charge in [0.05, 0.1) is 21.7 Å². The Kier molecular flexibility index (Phi) is 7.65. The summed E-state index contributed by atoms with van der Waals surface area (Å²) in [6.45, 7) is 7.01. The van der Waals surface area contributed by atoms with Gasteiger partial charge in [-0.3, -0.25) is 9.59 Å². The maximum atomic E-state index is 13.2. The van der Waals surface area contributed by atoms with Crippen molar-refractivity contribution in [3.05, 3.63) is 52.5 Å². The van der Waals surface area contributed by atoms with E-state index in [1.54, 1.807) is 36.4 Å². The summed E-state index contributed by atoms with van der Waals surface area (Å²) in [4.78, 5) is 32.3. The van der Waals surface area contributed by atoms with E-state index < -0.39 is 17.5 Å². The molecular formula is C27H31ClF3N5O2. The molecule has 11 heteroatoms. The summed E-state index contributed by atoms with van der Waals surface area (Å²) < 4.78 is 39.5. The lowest BCUT2D eigenvalue weighted by atomic mass is 9.91. The molecule has 4 rings (SSSR count). The van der Waals surface area contributed by atoms with Crippen LogP contribution in [0.5, 0.6) is 0 Å². The summed E-state index contributed by atoms with van der Waals surface area (Å²) in [6.07, 6.45) is -3.04. The molecule has 0 saturated heterocycles. The summed E-state index contributed by atoms with van der Waals surface area (Å²) in [5.41, 5.74) is 0.778. The van der Waals surface area contributed by atoms with Crippen molar-refractivity contribution in [1.29, 1.82) is 0 Å². The van der Waals surface area contributed by atoms with E-state index in [0.29, 0.717) is 45.4 Å². The van der Waals surface area contributed by atoms with Crippen LogP contribution in [-0.4, -0.2) is 34.5 Å². The minimum Gasteiger partial charge on any atom is -0.352 e. The Hall–Kier alpha value is -3.27. The Bertz CT molecular complexity index is 1340. The van der Waals surface area contributed by atoms with Crippen LogP contribution in [-0.2, 0) is 11.3 Å². The number of anilines is 2. The van der Waals surface area contributed by atoms with Crippen molar-refractivity contribution in [3.8, 4) is 0 Å². The zero-order valence-electron chi connectivity index (χ0n) is 21.5. The number of halogens is 4. The molecule has 1 aliphatic carbocycles. The van der Waals surface area contributed by atoms with E-state index in [1.807, 2.05) is 0 Å². The number of carbonyl (C=O) groups is 2. The minimum atomic E-state index is -4.56. The predicted octanol–water partition coefficient (Wildman–Crippen LogP) is 6.47. The number of rotatable bonds is 9. The van der Waals surface area contributed by atoms with Gasteiger partial charge in [0.2, 0.25) is 11.9 Å². The molecule has 0 bridgehead atoms. The van der Waals surface area contributed by atoms with Crippen LogP contribution in [0.2, 0.25) is 5.02 Å². The molecule has 1 heterocycles. The molecule has 1 fully saturated rings. The van der Waals surface area contributed by atoms with Crippen LogP contribution in [0.4, 0.5) is 24.8 Å². The zero-order valence-corrected chi connectivity index (χ0v) is 22.2. The number of hydrogen-bond acceptors (Lipinski definition) is 4. The second kappa shape index (κ2) is 10.5. The maximum Gasteiger partial charge on any atom is 0.403 e. The van der Waals surface area contributed by atoms with Crippen molar-refractivity contribution >= 4 is 46.1 Å². The Balaban J connectivity index is 1.39. The molecular weight excluding hydrogens is 519 g/mol. The first-order valence-electron chi connectivity index (χ1n) is 12.5. The molecule has 204 valence electrons. The van der Waals surface area contributed by atoms with Crippen LogP contribution >= 0.6 is 11.6 Å². The highest BCUT2D eigenvalue weighted by atomic mass is 35.5. The van der Waals surface area contributed by atoms with Crippen LogP contribution < -0.4 is 16.0 Å². The van der Waals surface area contributed by atoms with Gasteiger partial charge >= 0.3 is 6.18 Å². The summed E-state index contributed by atoms with van der Waals surface area (Å²) in [6, 6.07) is 10.0. The standard InChI is InChI=1S/C27H31ClF3N5O2/c1-25(2,3)9-4-12-32-22(37)17-6-8-19-21(14-17)36-24(34-19)35-20-13-16(5-7-18(20)28)15-33-23(38)26(10-11-26)27(29,30)31/h5-8,13-14H,4,9-12,15H2,1-3H3,(H,32,37)(H,33,38)(H2,34,35,36). The highest BCUT2D eigenvalue weighted by Gasteiger charge is 2.68. The molecule has 1 aliphatic rings. The average molecular weight is 550 g/mol. The fraction of sp³-hybridized carbons (Fsp3) is 0.444. The van der Waals surface area contributed by atoms with E-state index in [-0.39, 0.29) is 30.7 Å². The Morgan fingerprint density at radius 3 is 2.47 bits per heavy atom. The molecule has 0 aliphatic heterocycles. The van der Waals surface area contributed by atoms with Gasteiger partial charge in [0.25, 0.3) is 5.91 Å². The number of benzene rings is 2. The van der Waals surface area contributed by atoms with Gasteiger partial charge in [0, 0.05) is 18.7 Å². The highest BCUT2D eigenvalue weighted by Crippen LogP contribution is 2.57. The Morgan fingerprint density at radius 2 is 1.82 bits per heavy atom. The maximum absolute atomic E-state index is 13.2. The number of carbonyl (C=O) groups excluding carboxylic acids is 2. The normalized spacial score (nSPS) is 14.8. The summed E-state index contributed by atoms with van der Waals surface area (Å²) >= 11 is 6.31. The SMILES string of the molecule is CC(C)(C)CCCNC(=O)c1ccc2nc(Nc3cc(CNC(=O)C4(C(F)(F)F)CC4)ccc3Cl)[nH]c2c1. The van der Waals surface area contributed by atoms with Crippen molar-refractivity contribution in [2.24, 2.45) is 10.8 Å². The molecule has 38 heavy (non-hydrogen) atoms. The molecule has 0 atom stereocenters. The summed E-state index contributed by atoms with van der Waals surface area (Å²) in [5.74, 6) is -0.804. The monoisotopic (exact) mass is 549 g/mol. The van der Waals surface area contributed by atoms with Gasteiger partial charge in [-0.25, -0.2) is 4.98 Å². The lowest BCUT2D eigenvalue weighted by Gasteiger charge is -2.18. The quantitative estimate of drug-likeness (QED) is 0.230. The van der Waals surface area contributed by atoms with E-state index in [0.717, 1.165) is 12.8 Å². The second-order valence-corrected chi connectivity index (χ2v) is 11.3. The number of H-pyrrole nitrogens is 1. The zero-order chi connectivity index (χ0) is 27.7. The van der Waals surface area contributed by atoms with E-state index >= 15 is 0 Å². The Labute approximate surface area is 223 Å². The van der Waals surface area contributed by atoms with Crippen molar-refractivity contribution in [1.82, 2.24) is 20.6 Å². The van der Waals surface area contributed by atoms with Crippen LogP contribution in [0.3, 0.4) is 0 Å². The molecule has 4 N–H and O–H groups in total. The molecule has 1 aromatic heterocycles. The van der Waals surface area contributed by atoms with Gasteiger partial charge in [0.1, 0.15) is 5.41 Å². The number of fused-ring (bicyclic) bond motifs is 1. The number of aromatic amines is 1. The first-order valence-corrected chi connectivity index (χ1v) is 12.8. The van der Waals surface area contributed by atoms with Crippen LogP contribution in [0.1, 0.15) is 62.4 Å². The summed E-state index contributed by atoms with van der Waals surface area (Å²) in [7, 11) is 0. The third-order valence-electron chi connectivity index (χ3n) is 6.60. The molecule has 3 aromatic rings. The van der Waals surface area contributed by atoms with Gasteiger partial charge in [-0.05, 0) is 67.0 Å². The van der Waals surface area contributed by atoms with Gasteiger partial charge in [-0.1, -0.05) is 38.4 Å². The van der Waals surface area contributed by atoms with Crippen molar-refractivity contribution < 1.29 is 22.8 Å². The van der Waals surface area contributed by atoms with Gasteiger partial charge in [-0.2, -0.15) is 13.2 Å². The lowest BCUT2D eigenvalue weighted by molar-refractivity contribution is -0.192. The average Bonchev–Trinajstić information content (AvgIpc) is 3.56. The smallest absolute Gasteiger partial charge is 0.352 e. The number of hydrogen-bond donors (Lipinski definition) is 4. The molecule has 1 saturated carbocycles. The van der Waals surface area contributed by atoms with Crippen molar-refractivity contribution in [2.75, 3.05) is 11.9 Å². The fourth-order valence-corrected chi connectivity index (χ4v) is 4.32. The topological polar surface area (TPSA) is 98.9 Å². The van der Waals surface area contributed by atoms with Crippen LogP contribution in [0, 0.1) is 10.8 Å². The molecule has 2 amide bonds. The number of amides is 2. The predicted molar refractivity (Wildman–Crippen MR) is 141 cm³/mol. The molecule has 2 aromatic carbocycles. The first-order chi connectivity index (χ1) is 17.8. The molecule has 7 nitrogen and oxygen atoms in total. The minimum absolute atomic E-state index is 0.0726.